The van der Waals surface area contributed by atoms with Crippen molar-refractivity contribution in [3.63, 3.8) is 0 Å². The maximum Gasteiger partial charge on any atom is 0.212 e. The fourth-order valence-corrected chi connectivity index (χ4v) is 3.77. The number of halogens is 1. The third kappa shape index (κ3) is 6.86. The van der Waals surface area contributed by atoms with Crippen LogP contribution >= 0.6 is 15.9 Å². The van der Waals surface area contributed by atoms with E-state index in [4.69, 9.17) is 0 Å². The lowest BCUT2D eigenvalue weighted by atomic mass is 10.0. The van der Waals surface area contributed by atoms with Gasteiger partial charge in [-0.15, -0.1) is 0 Å². The van der Waals surface area contributed by atoms with Crippen LogP contribution in [0, 0.1) is 5.92 Å². The highest BCUT2D eigenvalue weighted by Crippen LogP contribution is 2.16. The number of rotatable bonds is 9. The summed E-state index contributed by atoms with van der Waals surface area (Å²) in [5.74, 6) is 0.739. The maximum absolute atomic E-state index is 12.0. The van der Waals surface area contributed by atoms with Crippen molar-refractivity contribution in [1.82, 2.24) is 4.72 Å². The van der Waals surface area contributed by atoms with Crippen LogP contribution in [0.1, 0.15) is 38.2 Å². The van der Waals surface area contributed by atoms with Crippen LogP contribution in [0.5, 0.6) is 0 Å². The van der Waals surface area contributed by atoms with Crippen LogP contribution in [0.4, 0.5) is 0 Å². The van der Waals surface area contributed by atoms with Gasteiger partial charge in [-0.1, -0.05) is 60.1 Å². The van der Waals surface area contributed by atoms with Crippen LogP contribution in [-0.2, 0) is 10.0 Å². The first-order valence-electron chi connectivity index (χ1n) is 7.03. The molecular formula is C15H24BrNO2S. The molecule has 0 saturated carbocycles. The summed E-state index contributed by atoms with van der Waals surface area (Å²) in [6, 6.07) is 9.75. The van der Waals surface area contributed by atoms with Crippen molar-refractivity contribution in [2.24, 2.45) is 5.92 Å². The smallest absolute Gasteiger partial charge is 0.212 e. The van der Waals surface area contributed by atoms with Crippen molar-refractivity contribution in [2.45, 2.75) is 32.6 Å². The van der Waals surface area contributed by atoms with Gasteiger partial charge >= 0.3 is 0 Å². The Hall–Kier alpha value is -0.390. The molecule has 0 aliphatic heterocycles. The first-order valence-corrected chi connectivity index (χ1v) is 9.80. The number of alkyl halides is 1. The Morgan fingerprint density at radius 3 is 2.45 bits per heavy atom. The van der Waals surface area contributed by atoms with E-state index in [-0.39, 0.29) is 11.7 Å². The Morgan fingerprint density at radius 2 is 1.85 bits per heavy atom. The molecule has 1 N–H and O–H groups in total. The van der Waals surface area contributed by atoms with E-state index in [1.807, 2.05) is 37.3 Å². The molecule has 1 aromatic carbocycles. The molecule has 0 heterocycles. The standard InChI is InChI=1S/C15H24BrNO2S/c1-13(11-16)7-6-10-17-20(18,19)12-14(2)15-8-4-3-5-9-15/h3-5,8-9,13-14,17H,6-7,10-12H2,1-2H3. The van der Waals surface area contributed by atoms with Crippen molar-refractivity contribution >= 4 is 26.0 Å². The van der Waals surface area contributed by atoms with Crippen LogP contribution in [0.15, 0.2) is 30.3 Å². The van der Waals surface area contributed by atoms with Gasteiger partial charge < -0.3 is 0 Å². The highest BCUT2D eigenvalue weighted by atomic mass is 79.9. The number of hydrogen-bond acceptors (Lipinski definition) is 2. The molecule has 0 bridgehead atoms. The monoisotopic (exact) mass is 361 g/mol. The Balaban J connectivity index is 2.38. The summed E-state index contributed by atoms with van der Waals surface area (Å²) < 4.78 is 26.7. The fraction of sp³-hybridized carbons (Fsp3) is 0.600. The summed E-state index contributed by atoms with van der Waals surface area (Å²) >= 11 is 3.43. The van der Waals surface area contributed by atoms with Gasteiger partial charge in [-0.3, -0.25) is 0 Å². The highest BCUT2D eigenvalue weighted by molar-refractivity contribution is 9.09. The van der Waals surface area contributed by atoms with Crippen LogP contribution in [-0.4, -0.2) is 26.0 Å². The van der Waals surface area contributed by atoms with Crippen LogP contribution in [0.3, 0.4) is 0 Å². The molecule has 0 aromatic heterocycles. The predicted octanol–water partition coefficient (Wildman–Crippen LogP) is 3.52. The van der Waals surface area contributed by atoms with E-state index in [9.17, 15) is 8.42 Å². The lowest BCUT2D eigenvalue weighted by molar-refractivity contribution is 0.544. The third-order valence-corrected chi connectivity index (χ3v) is 5.99. The molecule has 0 spiro atoms. The summed E-state index contributed by atoms with van der Waals surface area (Å²) in [5, 5.41) is 0.963. The normalized spacial score (nSPS) is 14.9. The van der Waals surface area contributed by atoms with E-state index in [2.05, 4.69) is 27.6 Å². The van der Waals surface area contributed by atoms with Crippen LogP contribution < -0.4 is 4.72 Å². The number of hydrogen-bond donors (Lipinski definition) is 1. The van der Waals surface area contributed by atoms with E-state index in [1.54, 1.807) is 0 Å². The molecule has 20 heavy (non-hydrogen) atoms. The molecule has 2 unspecified atom stereocenters. The van der Waals surface area contributed by atoms with Gasteiger partial charge in [0.1, 0.15) is 0 Å². The molecule has 0 amide bonds. The SMILES string of the molecule is CC(CBr)CCCNS(=O)(=O)CC(C)c1ccccc1. The molecule has 1 aromatic rings. The first kappa shape index (κ1) is 17.7. The topological polar surface area (TPSA) is 46.2 Å². The van der Waals surface area contributed by atoms with Crippen LogP contribution in [0.25, 0.3) is 0 Å². The van der Waals surface area contributed by atoms with Gasteiger partial charge in [0.25, 0.3) is 0 Å². The van der Waals surface area contributed by atoms with E-state index in [1.165, 1.54) is 0 Å². The van der Waals surface area contributed by atoms with Crippen molar-refractivity contribution in [3.05, 3.63) is 35.9 Å². The average Bonchev–Trinajstić information content (AvgIpc) is 2.43. The number of nitrogens with one attached hydrogen (secondary N) is 1. The molecular weight excluding hydrogens is 338 g/mol. The van der Waals surface area contributed by atoms with Gasteiger partial charge in [-0.2, -0.15) is 0 Å². The molecule has 1 rings (SSSR count). The summed E-state index contributed by atoms with van der Waals surface area (Å²) in [6.07, 6.45) is 1.91. The summed E-state index contributed by atoms with van der Waals surface area (Å²) in [4.78, 5) is 0. The minimum Gasteiger partial charge on any atom is -0.215 e. The second-order valence-corrected chi connectivity index (χ2v) is 7.89. The lowest BCUT2D eigenvalue weighted by Gasteiger charge is -2.13. The average molecular weight is 362 g/mol. The van der Waals surface area contributed by atoms with Gasteiger partial charge in [0.05, 0.1) is 5.75 Å². The molecule has 0 radical (unpaired) electrons. The van der Waals surface area contributed by atoms with Crippen LogP contribution in [0.2, 0.25) is 0 Å². The third-order valence-electron chi connectivity index (χ3n) is 3.30. The Morgan fingerprint density at radius 1 is 1.20 bits per heavy atom. The second kappa shape index (κ2) is 8.80. The van der Waals surface area contributed by atoms with Crippen molar-refractivity contribution < 1.29 is 8.42 Å². The zero-order chi connectivity index (χ0) is 15.0. The van der Waals surface area contributed by atoms with Gasteiger partial charge in [-0.25, -0.2) is 13.1 Å². The van der Waals surface area contributed by atoms with E-state index in [0.29, 0.717) is 12.5 Å². The highest BCUT2D eigenvalue weighted by Gasteiger charge is 2.16. The minimum atomic E-state index is -3.20. The lowest BCUT2D eigenvalue weighted by Crippen LogP contribution is -2.29. The number of benzene rings is 1. The Kier molecular flexibility index (Phi) is 7.77. The van der Waals surface area contributed by atoms with E-state index in [0.717, 1.165) is 23.7 Å². The minimum absolute atomic E-state index is 0.00941. The number of sulfonamides is 1. The van der Waals surface area contributed by atoms with Crippen molar-refractivity contribution in [1.29, 1.82) is 0 Å². The molecule has 3 nitrogen and oxygen atoms in total. The summed E-state index contributed by atoms with van der Waals surface area (Å²) in [6.45, 7) is 4.63. The van der Waals surface area contributed by atoms with E-state index < -0.39 is 10.0 Å². The van der Waals surface area contributed by atoms with Gasteiger partial charge in [-0.05, 0) is 30.2 Å². The fourth-order valence-electron chi connectivity index (χ4n) is 2.02. The largest absolute Gasteiger partial charge is 0.215 e. The van der Waals surface area contributed by atoms with Crippen molar-refractivity contribution in [3.8, 4) is 0 Å². The quantitative estimate of drug-likeness (QED) is 0.540. The molecule has 0 saturated heterocycles. The molecule has 114 valence electrons. The predicted molar refractivity (Wildman–Crippen MR) is 88.8 cm³/mol. The van der Waals surface area contributed by atoms with Gasteiger partial charge in [0.2, 0.25) is 10.0 Å². The van der Waals surface area contributed by atoms with E-state index >= 15 is 0 Å². The molecule has 0 aliphatic rings. The Labute approximate surface area is 131 Å². The first-order chi connectivity index (χ1) is 9.44. The molecule has 0 aliphatic carbocycles. The molecule has 5 heteroatoms. The zero-order valence-corrected chi connectivity index (χ0v) is 14.6. The molecule has 0 fully saturated rings. The second-order valence-electron chi connectivity index (χ2n) is 5.39. The molecule has 2 atom stereocenters. The Bertz CT molecular complexity index is 476. The van der Waals surface area contributed by atoms with Crippen molar-refractivity contribution in [2.75, 3.05) is 17.6 Å². The maximum atomic E-state index is 12.0. The summed E-state index contributed by atoms with van der Waals surface area (Å²) in [7, 11) is -3.20. The van der Waals surface area contributed by atoms with Gasteiger partial charge in [0, 0.05) is 11.9 Å². The summed E-state index contributed by atoms with van der Waals surface area (Å²) in [5.41, 5.74) is 1.06. The van der Waals surface area contributed by atoms with Gasteiger partial charge in [0.15, 0.2) is 0 Å². The zero-order valence-electron chi connectivity index (χ0n) is 12.2.